The third-order valence-electron chi connectivity index (χ3n) is 4.96. The molecule has 2 saturated heterocycles. The molecule has 2 heterocycles. The zero-order valence-corrected chi connectivity index (χ0v) is 13.6. The highest BCUT2D eigenvalue weighted by molar-refractivity contribution is 5.48. The molecule has 3 nitrogen and oxygen atoms in total. The smallest absolute Gasteiger partial charge is 0.0978 e. The monoisotopic (exact) mass is 288 g/mol. The molecule has 2 aliphatic rings. The van der Waals surface area contributed by atoms with Crippen LogP contribution < -0.4 is 4.90 Å². The van der Waals surface area contributed by atoms with E-state index in [9.17, 15) is 0 Å². The van der Waals surface area contributed by atoms with E-state index in [-0.39, 0.29) is 6.10 Å². The summed E-state index contributed by atoms with van der Waals surface area (Å²) in [6.45, 7) is 11.1. The predicted octanol–water partition coefficient (Wildman–Crippen LogP) is 3.46. The normalized spacial score (nSPS) is 27.5. The lowest BCUT2D eigenvalue weighted by Gasteiger charge is -2.42. The van der Waals surface area contributed by atoms with Crippen LogP contribution in [-0.2, 0) is 4.74 Å². The van der Waals surface area contributed by atoms with Gasteiger partial charge in [-0.25, -0.2) is 0 Å². The molecule has 0 radical (unpaired) electrons. The molecule has 1 aromatic rings. The molecule has 0 spiro atoms. The summed E-state index contributed by atoms with van der Waals surface area (Å²) in [6, 6.07) is 10.1. The van der Waals surface area contributed by atoms with Gasteiger partial charge in [-0.1, -0.05) is 12.1 Å². The second-order valence-corrected chi connectivity index (χ2v) is 6.65. The topological polar surface area (TPSA) is 15.7 Å². The van der Waals surface area contributed by atoms with Gasteiger partial charge in [0, 0.05) is 37.4 Å². The lowest BCUT2D eigenvalue weighted by molar-refractivity contribution is -0.0777. The van der Waals surface area contributed by atoms with E-state index in [4.69, 9.17) is 4.74 Å². The summed E-state index contributed by atoms with van der Waals surface area (Å²) in [4.78, 5) is 5.03. The molecule has 0 unspecified atom stereocenters. The fourth-order valence-corrected chi connectivity index (χ4v) is 3.76. The highest BCUT2D eigenvalue weighted by Gasteiger charge is 2.31. The van der Waals surface area contributed by atoms with Crippen LogP contribution in [0.4, 0.5) is 5.69 Å². The fourth-order valence-electron chi connectivity index (χ4n) is 3.76. The van der Waals surface area contributed by atoms with E-state index >= 15 is 0 Å². The van der Waals surface area contributed by atoms with Crippen LogP contribution in [0.15, 0.2) is 24.3 Å². The highest BCUT2D eigenvalue weighted by Crippen LogP contribution is 2.31. The minimum Gasteiger partial charge on any atom is -0.372 e. The summed E-state index contributed by atoms with van der Waals surface area (Å²) >= 11 is 0. The Morgan fingerprint density at radius 1 is 1.05 bits per heavy atom. The molecule has 1 aromatic carbocycles. The number of hydrogen-bond acceptors (Lipinski definition) is 3. The maximum Gasteiger partial charge on any atom is 0.0978 e. The van der Waals surface area contributed by atoms with E-state index in [0.29, 0.717) is 12.1 Å². The number of nitrogens with zero attached hydrogens (tertiary/aromatic N) is 2. The van der Waals surface area contributed by atoms with E-state index in [1.54, 1.807) is 0 Å². The van der Waals surface area contributed by atoms with Crippen LogP contribution in [0.5, 0.6) is 0 Å². The van der Waals surface area contributed by atoms with E-state index in [1.807, 2.05) is 0 Å². The molecule has 116 valence electrons. The van der Waals surface area contributed by atoms with Crippen LogP contribution in [0.25, 0.3) is 0 Å². The van der Waals surface area contributed by atoms with Crippen LogP contribution >= 0.6 is 0 Å². The molecule has 0 aliphatic carbocycles. The van der Waals surface area contributed by atoms with Crippen molar-refractivity contribution in [3.63, 3.8) is 0 Å². The first kappa shape index (κ1) is 14.9. The average Bonchev–Trinajstić information content (AvgIpc) is 3.02. The van der Waals surface area contributed by atoms with Gasteiger partial charge in [0.15, 0.2) is 0 Å². The van der Waals surface area contributed by atoms with Gasteiger partial charge < -0.3 is 9.64 Å². The van der Waals surface area contributed by atoms with Gasteiger partial charge in [-0.15, -0.1) is 0 Å². The van der Waals surface area contributed by atoms with Crippen molar-refractivity contribution in [1.82, 2.24) is 4.90 Å². The first-order valence-corrected chi connectivity index (χ1v) is 8.39. The zero-order valence-electron chi connectivity index (χ0n) is 13.6. The van der Waals surface area contributed by atoms with Crippen LogP contribution in [0.2, 0.25) is 0 Å². The Morgan fingerprint density at radius 3 is 2.33 bits per heavy atom. The first-order valence-electron chi connectivity index (χ1n) is 8.39. The Balaban J connectivity index is 1.73. The molecule has 2 aliphatic heterocycles. The number of benzene rings is 1. The van der Waals surface area contributed by atoms with E-state index in [0.717, 1.165) is 13.2 Å². The fraction of sp³-hybridized carbons (Fsp3) is 0.667. The van der Waals surface area contributed by atoms with Crippen molar-refractivity contribution >= 4 is 5.69 Å². The van der Waals surface area contributed by atoms with Crippen molar-refractivity contribution in [2.24, 2.45) is 0 Å². The minimum atomic E-state index is 0.203. The van der Waals surface area contributed by atoms with Gasteiger partial charge in [0.05, 0.1) is 12.7 Å². The molecule has 0 amide bonds. The second-order valence-electron chi connectivity index (χ2n) is 6.65. The van der Waals surface area contributed by atoms with Crippen LogP contribution in [0.1, 0.15) is 45.3 Å². The van der Waals surface area contributed by atoms with Crippen LogP contribution in [0.3, 0.4) is 0 Å². The summed E-state index contributed by atoms with van der Waals surface area (Å²) in [7, 11) is 0. The van der Waals surface area contributed by atoms with E-state index < -0.39 is 0 Å². The van der Waals surface area contributed by atoms with Gasteiger partial charge in [-0.3, -0.25) is 4.90 Å². The van der Waals surface area contributed by atoms with Crippen molar-refractivity contribution in [2.45, 2.75) is 51.8 Å². The average molecular weight is 288 g/mol. The Labute approximate surface area is 128 Å². The van der Waals surface area contributed by atoms with E-state index in [1.165, 1.54) is 37.2 Å². The lowest BCUT2D eigenvalue weighted by atomic mass is 9.99. The molecule has 2 atom stereocenters. The van der Waals surface area contributed by atoms with Gasteiger partial charge in [-0.2, -0.15) is 0 Å². The first-order chi connectivity index (χ1) is 10.2. The molecule has 3 heteroatoms. The molecule has 3 rings (SSSR count). The third kappa shape index (κ3) is 3.09. The standard InChI is InChI=1S/C18H28N2O/c1-14(2)20-12-13-21-18(15(20)3)16-6-8-17(9-7-16)19-10-4-5-11-19/h6-9,14-15,18H,4-5,10-13H2,1-3H3/t15-,18+/m0/s1. The molecule has 0 aromatic heterocycles. The number of hydrogen-bond donors (Lipinski definition) is 0. The summed E-state index contributed by atoms with van der Waals surface area (Å²) in [5.74, 6) is 0. The minimum absolute atomic E-state index is 0.203. The summed E-state index contributed by atoms with van der Waals surface area (Å²) in [6.07, 6.45) is 2.86. The molecule has 21 heavy (non-hydrogen) atoms. The number of morpholine rings is 1. The number of anilines is 1. The lowest BCUT2D eigenvalue weighted by Crippen LogP contribution is -2.48. The van der Waals surface area contributed by atoms with Gasteiger partial charge >= 0.3 is 0 Å². The Kier molecular flexibility index (Phi) is 4.51. The van der Waals surface area contributed by atoms with Crippen molar-refractivity contribution < 1.29 is 4.74 Å². The van der Waals surface area contributed by atoms with E-state index in [2.05, 4.69) is 54.8 Å². The Bertz CT molecular complexity index is 451. The van der Waals surface area contributed by atoms with Crippen molar-refractivity contribution in [3.8, 4) is 0 Å². The van der Waals surface area contributed by atoms with Crippen molar-refractivity contribution in [2.75, 3.05) is 31.1 Å². The predicted molar refractivity (Wildman–Crippen MR) is 87.9 cm³/mol. The Hall–Kier alpha value is -1.06. The number of rotatable bonds is 3. The van der Waals surface area contributed by atoms with Crippen molar-refractivity contribution in [1.29, 1.82) is 0 Å². The Morgan fingerprint density at radius 2 is 1.71 bits per heavy atom. The maximum atomic E-state index is 6.07. The maximum absolute atomic E-state index is 6.07. The molecule has 0 saturated carbocycles. The van der Waals surface area contributed by atoms with Gasteiger partial charge in [0.25, 0.3) is 0 Å². The highest BCUT2D eigenvalue weighted by atomic mass is 16.5. The van der Waals surface area contributed by atoms with Gasteiger partial charge in [0.2, 0.25) is 0 Å². The molecule has 2 fully saturated rings. The molecular weight excluding hydrogens is 260 g/mol. The summed E-state index contributed by atoms with van der Waals surface area (Å²) in [5.41, 5.74) is 2.68. The summed E-state index contributed by atoms with van der Waals surface area (Å²) < 4.78 is 6.07. The van der Waals surface area contributed by atoms with Gasteiger partial charge in [0.1, 0.15) is 0 Å². The largest absolute Gasteiger partial charge is 0.372 e. The van der Waals surface area contributed by atoms with Crippen LogP contribution in [-0.4, -0.2) is 43.2 Å². The zero-order chi connectivity index (χ0) is 14.8. The van der Waals surface area contributed by atoms with Gasteiger partial charge in [-0.05, 0) is 51.3 Å². The molecule has 0 N–H and O–H groups in total. The third-order valence-corrected chi connectivity index (χ3v) is 4.96. The SMILES string of the molecule is CC(C)N1CCO[C@@H](c2ccc(N3CCCC3)cc2)[C@@H]1C. The van der Waals surface area contributed by atoms with Crippen LogP contribution in [0, 0.1) is 0 Å². The van der Waals surface area contributed by atoms with Crippen molar-refractivity contribution in [3.05, 3.63) is 29.8 Å². The molecule has 0 bridgehead atoms. The number of ether oxygens (including phenoxy) is 1. The quantitative estimate of drug-likeness (QED) is 0.847. The summed E-state index contributed by atoms with van der Waals surface area (Å²) in [5, 5.41) is 0. The second kappa shape index (κ2) is 6.37. The molecular formula is C18H28N2O.